The normalized spacial score (nSPS) is 11.0. The first kappa shape index (κ1) is 24.5. The smallest absolute Gasteiger partial charge is 0.251 e. The number of ether oxygens (including phenoxy) is 2. The third-order valence-electron chi connectivity index (χ3n) is 5.65. The number of rotatable bonds is 14. The van der Waals surface area contributed by atoms with Crippen LogP contribution in [0.3, 0.4) is 0 Å². The molecule has 0 spiro atoms. The molecule has 1 heterocycles. The van der Waals surface area contributed by atoms with Crippen LogP contribution < -0.4 is 14.8 Å². The highest BCUT2D eigenvalue weighted by Gasteiger charge is 2.13. The molecule has 1 aromatic heterocycles. The third kappa shape index (κ3) is 7.17. The van der Waals surface area contributed by atoms with Crippen LogP contribution >= 0.6 is 0 Å². The molecule has 3 aromatic rings. The molecular formula is C27H36N2O4. The number of nitrogens with one attached hydrogen (secondary N) is 2. The van der Waals surface area contributed by atoms with Crippen LogP contribution in [-0.2, 0) is 6.42 Å². The number of phenols is 1. The van der Waals surface area contributed by atoms with Gasteiger partial charge in [-0.3, -0.25) is 4.79 Å². The number of unbranched alkanes of at least 4 members (excludes halogenated alkanes) is 4. The maximum Gasteiger partial charge on any atom is 0.251 e. The number of carbonyl (C=O) groups is 1. The summed E-state index contributed by atoms with van der Waals surface area (Å²) in [5.74, 6) is 1.41. The highest BCUT2D eigenvalue weighted by molar-refractivity contribution is 5.95. The SMILES string of the molecule is CCCCCOc1ccc(C(=O)NCCc2c[nH]c3ccc(O)cc23)cc1OCCCCC. The number of fused-ring (bicyclic) bond motifs is 1. The molecule has 0 aliphatic heterocycles. The first-order valence-corrected chi connectivity index (χ1v) is 12.1. The van der Waals surface area contributed by atoms with Crippen LogP contribution in [0.2, 0.25) is 0 Å². The Morgan fingerprint density at radius 3 is 2.39 bits per heavy atom. The van der Waals surface area contributed by atoms with E-state index in [4.69, 9.17) is 9.47 Å². The molecule has 33 heavy (non-hydrogen) atoms. The van der Waals surface area contributed by atoms with E-state index < -0.39 is 0 Å². The summed E-state index contributed by atoms with van der Waals surface area (Å²) in [6.45, 7) is 6.07. The van der Waals surface area contributed by atoms with E-state index in [-0.39, 0.29) is 11.7 Å². The second kappa shape index (κ2) is 12.8. The zero-order valence-corrected chi connectivity index (χ0v) is 19.8. The van der Waals surface area contributed by atoms with E-state index in [2.05, 4.69) is 24.1 Å². The quantitative estimate of drug-likeness (QED) is 0.263. The summed E-state index contributed by atoms with van der Waals surface area (Å²) in [6, 6.07) is 10.6. The minimum atomic E-state index is -0.145. The molecule has 0 unspecified atom stereocenters. The molecule has 0 aliphatic rings. The lowest BCUT2D eigenvalue weighted by Gasteiger charge is -2.14. The van der Waals surface area contributed by atoms with E-state index in [9.17, 15) is 9.90 Å². The monoisotopic (exact) mass is 452 g/mol. The number of H-pyrrole nitrogens is 1. The van der Waals surface area contributed by atoms with E-state index >= 15 is 0 Å². The van der Waals surface area contributed by atoms with Gasteiger partial charge in [0.05, 0.1) is 13.2 Å². The van der Waals surface area contributed by atoms with Crippen LogP contribution in [0.4, 0.5) is 0 Å². The minimum Gasteiger partial charge on any atom is -0.508 e. The lowest BCUT2D eigenvalue weighted by molar-refractivity contribution is 0.0953. The number of hydrogen-bond acceptors (Lipinski definition) is 4. The third-order valence-corrected chi connectivity index (χ3v) is 5.65. The summed E-state index contributed by atoms with van der Waals surface area (Å²) in [7, 11) is 0. The Labute approximate surface area is 196 Å². The molecule has 6 nitrogen and oxygen atoms in total. The van der Waals surface area contributed by atoms with Gasteiger partial charge in [0.15, 0.2) is 11.5 Å². The molecule has 3 rings (SSSR count). The van der Waals surface area contributed by atoms with Crippen molar-refractivity contribution in [2.24, 2.45) is 0 Å². The Balaban J connectivity index is 1.60. The molecule has 6 heteroatoms. The van der Waals surface area contributed by atoms with E-state index in [0.717, 1.165) is 55.0 Å². The Kier molecular flexibility index (Phi) is 9.48. The molecule has 0 fully saturated rings. The zero-order valence-electron chi connectivity index (χ0n) is 19.8. The number of hydrogen-bond donors (Lipinski definition) is 3. The fourth-order valence-corrected chi connectivity index (χ4v) is 3.74. The predicted octanol–water partition coefficient (Wildman–Crippen LogP) is 5.98. The molecule has 178 valence electrons. The van der Waals surface area contributed by atoms with Gasteiger partial charge in [0.25, 0.3) is 5.91 Å². The van der Waals surface area contributed by atoms with Crippen molar-refractivity contribution in [1.82, 2.24) is 10.3 Å². The largest absolute Gasteiger partial charge is 0.508 e. The van der Waals surface area contributed by atoms with E-state index in [1.165, 1.54) is 0 Å². The molecule has 0 bridgehead atoms. The highest BCUT2D eigenvalue weighted by Crippen LogP contribution is 2.29. The van der Waals surface area contributed by atoms with Crippen LogP contribution in [0.5, 0.6) is 17.2 Å². The van der Waals surface area contributed by atoms with Gasteiger partial charge in [-0.2, -0.15) is 0 Å². The van der Waals surface area contributed by atoms with Gasteiger partial charge in [-0.25, -0.2) is 0 Å². The first-order valence-electron chi connectivity index (χ1n) is 12.1. The lowest BCUT2D eigenvalue weighted by atomic mass is 10.1. The maximum absolute atomic E-state index is 12.8. The number of amides is 1. The van der Waals surface area contributed by atoms with Gasteiger partial charge in [-0.1, -0.05) is 39.5 Å². The second-order valence-electron chi connectivity index (χ2n) is 8.32. The second-order valence-corrected chi connectivity index (χ2v) is 8.32. The van der Waals surface area contributed by atoms with Crippen molar-refractivity contribution in [2.45, 2.75) is 58.8 Å². The van der Waals surface area contributed by atoms with Gasteiger partial charge >= 0.3 is 0 Å². The highest BCUT2D eigenvalue weighted by atomic mass is 16.5. The van der Waals surface area contributed by atoms with Crippen molar-refractivity contribution in [2.75, 3.05) is 19.8 Å². The number of carbonyl (C=O) groups excluding carboxylic acids is 1. The van der Waals surface area contributed by atoms with Crippen molar-refractivity contribution in [3.8, 4) is 17.2 Å². The molecule has 2 aromatic carbocycles. The molecule has 0 radical (unpaired) electrons. The summed E-state index contributed by atoms with van der Waals surface area (Å²) in [4.78, 5) is 16.0. The molecule has 3 N–H and O–H groups in total. The predicted molar refractivity (Wildman–Crippen MR) is 132 cm³/mol. The Hall–Kier alpha value is -3.15. The summed E-state index contributed by atoms with van der Waals surface area (Å²) in [5, 5.41) is 13.7. The first-order chi connectivity index (χ1) is 16.1. The molecule has 0 aliphatic carbocycles. The summed E-state index contributed by atoms with van der Waals surface area (Å²) in [6.07, 6.45) is 9.06. The van der Waals surface area contributed by atoms with Crippen LogP contribution in [0, 0.1) is 0 Å². The van der Waals surface area contributed by atoms with Crippen molar-refractivity contribution in [3.63, 3.8) is 0 Å². The number of aromatic nitrogens is 1. The van der Waals surface area contributed by atoms with Gasteiger partial charge in [0.1, 0.15) is 5.75 Å². The average Bonchev–Trinajstić information content (AvgIpc) is 3.22. The fourth-order valence-electron chi connectivity index (χ4n) is 3.74. The molecule has 1 amide bonds. The molecule has 0 saturated heterocycles. The lowest BCUT2D eigenvalue weighted by Crippen LogP contribution is -2.25. The van der Waals surface area contributed by atoms with Crippen LogP contribution in [0.15, 0.2) is 42.6 Å². The van der Waals surface area contributed by atoms with Gasteiger partial charge in [0, 0.05) is 29.2 Å². The van der Waals surface area contributed by atoms with Crippen molar-refractivity contribution in [3.05, 3.63) is 53.7 Å². The summed E-state index contributed by atoms with van der Waals surface area (Å²) < 4.78 is 11.9. The zero-order chi connectivity index (χ0) is 23.5. The van der Waals surface area contributed by atoms with Crippen molar-refractivity contribution < 1.29 is 19.4 Å². The summed E-state index contributed by atoms with van der Waals surface area (Å²) >= 11 is 0. The number of aromatic hydroxyl groups is 1. The number of aromatic amines is 1. The van der Waals surface area contributed by atoms with Gasteiger partial charge in [-0.05, 0) is 61.2 Å². The Morgan fingerprint density at radius 2 is 1.67 bits per heavy atom. The number of phenolic OH excluding ortho intramolecular Hbond substituents is 1. The number of benzene rings is 2. The van der Waals surface area contributed by atoms with Crippen LogP contribution in [0.25, 0.3) is 10.9 Å². The van der Waals surface area contributed by atoms with Gasteiger partial charge in [-0.15, -0.1) is 0 Å². The van der Waals surface area contributed by atoms with Gasteiger partial charge in [0.2, 0.25) is 0 Å². The average molecular weight is 453 g/mol. The Bertz CT molecular complexity index is 1030. The van der Waals surface area contributed by atoms with E-state index in [0.29, 0.717) is 43.2 Å². The Morgan fingerprint density at radius 1 is 0.939 bits per heavy atom. The van der Waals surface area contributed by atoms with Crippen molar-refractivity contribution in [1.29, 1.82) is 0 Å². The van der Waals surface area contributed by atoms with Crippen LogP contribution in [0.1, 0.15) is 68.3 Å². The summed E-state index contributed by atoms with van der Waals surface area (Å²) in [5.41, 5.74) is 2.57. The molecule has 0 atom stereocenters. The standard InChI is InChI=1S/C27H36N2O4/c1-3-5-7-15-32-25-12-9-20(17-26(25)33-16-8-6-4-2)27(31)28-14-13-21-19-29-24-11-10-22(30)18-23(21)24/h9-12,17-19,29-30H,3-8,13-16H2,1-2H3,(H,28,31). The van der Waals surface area contributed by atoms with Crippen LogP contribution in [-0.4, -0.2) is 35.8 Å². The fraction of sp³-hybridized carbons (Fsp3) is 0.444. The van der Waals surface area contributed by atoms with E-state index in [1.807, 2.05) is 18.3 Å². The topological polar surface area (TPSA) is 83.6 Å². The minimum absolute atomic E-state index is 0.145. The molecular weight excluding hydrogens is 416 g/mol. The molecule has 0 saturated carbocycles. The van der Waals surface area contributed by atoms with Crippen molar-refractivity contribution >= 4 is 16.8 Å². The van der Waals surface area contributed by atoms with E-state index in [1.54, 1.807) is 24.3 Å². The van der Waals surface area contributed by atoms with Gasteiger partial charge < -0.3 is 24.9 Å². The maximum atomic E-state index is 12.8.